The second kappa shape index (κ2) is 6.82. The Hall–Kier alpha value is -0.980. The van der Waals surface area contributed by atoms with Gasteiger partial charge in [0.05, 0.1) is 12.3 Å². The van der Waals surface area contributed by atoms with E-state index in [0.717, 1.165) is 38.5 Å². The SMILES string of the molecule is COCCNCC1CCCN1Cc1cn(C)nn1. The highest BCUT2D eigenvalue weighted by atomic mass is 16.5. The molecule has 1 unspecified atom stereocenters. The lowest BCUT2D eigenvalue weighted by Gasteiger charge is -2.23. The van der Waals surface area contributed by atoms with Gasteiger partial charge in [-0.15, -0.1) is 5.10 Å². The van der Waals surface area contributed by atoms with E-state index in [0.29, 0.717) is 6.04 Å². The number of hydrogen-bond donors (Lipinski definition) is 1. The maximum absolute atomic E-state index is 5.03. The third-order valence-electron chi connectivity index (χ3n) is 3.38. The van der Waals surface area contributed by atoms with Crippen molar-refractivity contribution in [3.8, 4) is 0 Å². The molecule has 0 amide bonds. The minimum absolute atomic E-state index is 0.615. The fourth-order valence-electron chi connectivity index (χ4n) is 2.45. The van der Waals surface area contributed by atoms with Crippen molar-refractivity contribution in [1.29, 1.82) is 0 Å². The lowest BCUT2D eigenvalue weighted by atomic mass is 10.2. The zero-order chi connectivity index (χ0) is 12.8. The first-order valence-corrected chi connectivity index (χ1v) is 6.58. The van der Waals surface area contributed by atoms with Crippen molar-refractivity contribution in [2.75, 3.05) is 33.4 Å². The van der Waals surface area contributed by atoms with Gasteiger partial charge >= 0.3 is 0 Å². The predicted molar refractivity (Wildman–Crippen MR) is 69.2 cm³/mol. The number of likely N-dealkylation sites (tertiary alicyclic amines) is 1. The molecule has 0 radical (unpaired) electrons. The summed E-state index contributed by atoms with van der Waals surface area (Å²) in [5.74, 6) is 0. The molecule has 1 fully saturated rings. The minimum Gasteiger partial charge on any atom is -0.383 e. The first-order valence-electron chi connectivity index (χ1n) is 6.58. The van der Waals surface area contributed by atoms with E-state index in [1.54, 1.807) is 11.8 Å². The number of aromatic nitrogens is 3. The summed E-state index contributed by atoms with van der Waals surface area (Å²) < 4.78 is 6.80. The summed E-state index contributed by atoms with van der Waals surface area (Å²) in [5.41, 5.74) is 1.06. The maximum Gasteiger partial charge on any atom is 0.0967 e. The van der Waals surface area contributed by atoms with Crippen molar-refractivity contribution in [1.82, 2.24) is 25.2 Å². The second-order valence-electron chi connectivity index (χ2n) is 4.85. The zero-order valence-corrected chi connectivity index (χ0v) is 11.3. The van der Waals surface area contributed by atoms with Gasteiger partial charge in [-0.05, 0) is 19.4 Å². The third kappa shape index (κ3) is 3.76. The van der Waals surface area contributed by atoms with Crippen LogP contribution in [0.5, 0.6) is 0 Å². The second-order valence-corrected chi connectivity index (χ2v) is 4.85. The molecule has 0 saturated carbocycles. The van der Waals surface area contributed by atoms with E-state index >= 15 is 0 Å². The Kier molecular flexibility index (Phi) is 5.10. The minimum atomic E-state index is 0.615. The Morgan fingerprint density at radius 3 is 3.17 bits per heavy atom. The van der Waals surface area contributed by atoms with Gasteiger partial charge < -0.3 is 10.1 Å². The Morgan fingerprint density at radius 2 is 2.44 bits per heavy atom. The van der Waals surface area contributed by atoms with Crippen molar-refractivity contribution >= 4 is 0 Å². The summed E-state index contributed by atoms with van der Waals surface area (Å²) in [4.78, 5) is 2.49. The van der Waals surface area contributed by atoms with E-state index in [2.05, 4.69) is 20.5 Å². The molecule has 2 rings (SSSR count). The zero-order valence-electron chi connectivity index (χ0n) is 11.3. The van der Waals surface area contributed by atoms with Gasteiger partial charge in [0.1, 0.15) is 0 Å². The van der Waals surface area contributed by atoms with Crippen LogP contribution in [0.3, 0.4) is 0 Å². The number of aryl methyl sites for hydroxylation is 1. The van der Waals surface area contributed by atoms with Crippen LogP contribution >= 0.6 is 0 Å². The number of rotatable bonds is 7. The molecule has 0 spiro atoms. The summed E-state index contributed by atoms with van der Waals surface area (Å²) in [7, 11) is 3.64. The average Bonchev–Trinajstić information content (AvgIpc) is 2.95. The quantitative estimate of drug-likeness (QED) is 0.694. The fourth-order valence-corrected chi connectivity index (χ4v) is 2.45. The van der Waals surface area contributed by atoms with Crippen LogP contribution < -0.4 is 5.32 Å². The van der Waals surface area contributed by atoms with Crippen LogP contribution in [-0.2, 0) is 18.3 Å². The van der Waals surface area contributed by atoms with Crippen LogP contribution in [0.25, 0.3) is 0 Å². The van der Waals surface area contributed by atoms with Crippen LogP contribution in [0.15, 0.2) is 6.20 Å². The van der Waals surface area contributed by atoms with Crippen molar-refractivity contribution in [3.05, 3.63) is 11.9 Å². The topological polar surface area (TPSA) is 55.2 Å². The highest BCUT2D eigenvalue weighted by Crippen LogP contribution is 2.18. The van der Waals surface area contributed by atoms with Crippen molar-refractivity contribution in [2.45, 2.75) is 25.4 Å². The molecule has 6 heteroatoms. The molecular formula is C12H23N5O. The number of nitrogens with one attached hydrogen (secondary N) is 1. The lowest BCUT2D eigenvalue weighted by molar-refractivity contribution is 0.190. The van der Waals surface area contributed by atoms with Crippen molar-refractivity contribution in [3.63, 3.8) is 0 Å². The largest absolute Gasteiger partial charge is 0.383 e. The predicted octanol–water partition coefficient (Wildman–Crippen LogP) is 0.0155. The van der Waals surface area contributed by atoms with Gasteiger partial charge in [0.25, 0.3) is 0 Å². The third-order valence-corrected chi connectivity index (χ3v) is 3.38. The standard InChI is InChI=1S/C12H23N5O/c1-16-9-11(14-15-16)10-17-6-3-4-12(17)8-13-5-7-18-2/h9,12-13H,3-8,10H2,1-2H3. The molecule has 1 aliphatic heterocycles. The van der Waals surface area contributed by atoms with Crippen LogP contribution in [0.4, 0.5) is 0 Å². The first-order chi connectivity index (χ1) is 8.79. The van der Waals surface area contributed by atoms with E-state index in [4.69, 9.17) is 4.74 Å². The molecule has 1 saturated heterocycles. The average molecular weight is 253 g/mol. The van der Waals surface area contributed by atoms with Gasteiger partial charge in [-0.1, -0.05) is 5.21 Å². The molecule has 1 atom stereocenters. The number of hydrogen-bond acceptors (Lipinski definition) is 5. The summed E-state index contributed by atoms with van der Waals surface area (Å²) in [6, 6.07) is 0.615. The summed E-state index contributed by atoms with van der Waals surface area (Å²) >= 11 is 0. The van der Waals surface area contributed by atoms with Gasteiger partial charge in [-0.3, -0.25) is 9.58 Å². The highest BCUT2D eigenvalue weighted by molar-refractivity contribution is 4.94. The molecule has 18 heavy (non-hydrogen) atoms. The van der Waals surface area contributed by atoms with Gasteiger partial charge in [0.15, 0.2) is 0 Å². The maximum atomic E-state index is 5.03. The summed E-state index contributed by atoms with van der Waals surface area (Å²) in [6.45, 7) is 4.80. The van der Waals surface area contributed by atoms with E-state index in [9.17, 15) is 0 Å². The van der Waals surface area contributed by atoms with Crippen molar-refractivity contribution in [2.24, 2.45) is 7.05 Å². The van der Waals surface area contributed by atoms with Gasteiger partial charge in [-0.2, -0.15) is 0 Å². The van der Waals surface area contributed by atoms with Gasteiger partial charge in [-0.25, -0.2) is 0 Å². The molecule has 0 bridgehead atoms. The van der Waals surface area contributed by atoms with Crippen LogP contribution in [0.1, 0.15) is 18.5 Å². The Labute approximate surface area is 108 Å². The molecule has 1 aromatic heterocycles. The molecule has 1 aromatic rings. The number of nitrogens with zero attached hydrogens (tertiary/aromatic N) is 4. The van der Waals surface area contributed by atoms with E-state index < -0.39 is 0 Å². The van der Waals surface area contributed by atoms with E-state index in [1.807, 2.05) is 13.2 Å². The first kappa shape index (κ1) is 13.5. The molecule has 1 aliphatic rings. The number of methoxy groups -OCH3 is 1. The Morgan fingerprint density at radius 1 is 1.56 bits per heavy atom. The van der Waals surface area contributed by atoms with Crippen LogP contribution in [0, 0.1) is 0 Å². The highest BCUT2D eigenvalue weighted by Gasteiger charge is 2.24. The fraction of sp³-hybridized carbons (Fsp3) is 0.833. The van der Waals surface area contributed by atoms with Crippen LogP contribution in [0.2, 0.25) is 0 Å². The smallest absolute Gasteiger partial charge is 0.0967 e. The Balaban J connectivity index is 1.76. The monoisotopic (exact) mass is 253 g/mol. The summed E-state index contributed by atoms with van der Waals surface area (Å²) in [6.07, 6.45) is 4.53. The molecule has 6 nitrogen and oxygen atoms in total. The molecule has 102 valence electrons. The number of ether oxygens (including phenoxy) is 1. The molecule has 0 aliphatic carbocycles. The van der Waals surface area contributed by atoms with E-state index in [1.165, 1.54) is 12.8 Å². The van der Waals surface area contributed by atoms with Crippen LogP contribution in [-0.4, -0.2) is 59.3 Å². The van der Waals surface area contributed by atoms with Gasteiger partial charge in [0, 0.05) is 46.0 Å². The normalized spacial score (nSPS) is 20.7. The summed E-state index contributed by atoms with van der Waals surface area (Å²) in [5, 5.41) is 11.6. The molecule has 0 aromatic carbocycles. The van der Waals surface area contributed by atoms with E-state index in [-0.39, 0.29) is 0 Å². The Bertz CT molecular complexity index is 354. The van der Waals surface area contributed by atoms with Gasteiger partial charge in [0.2, 0.25) is 0 Å². The molecule has 2 heterocycles. The van der Waals surface area contributed by atoms with Crippen molar-refractivity contribution < 1.29 is 4.74 Å². The molecular weight excluding hydrogens is 230 g/mol. The molecule has 1 N–H and O–H groups in total. The lowest BCUT2D eigenvalue weighted by Crippen LogP contribution is -2.38.